The monoisotopic (exact) mass is 243 g/mol. The van der Waals surface area contributed by atoms with Crippen LogP contribution in [0, 0.1) is 6.92 Å². The summed E-state index contributed by atoms with van der Waals surface area (Å²) in [4.78, 5) is 8.45. The number of benzene rings is 1. The molecule has 1 heterocycles. The van der Waals surface area contributed by atoms with Gasteiger partial charge in [-0.2, -0.15) is 0 Å². The fraction of sp³-hybridized carbons (Fsp3) is 0.286. The molecule has 18 heavy (non-hydrogen) atoms. The Kier molecular flexibility index (Phi) is 4.12. The van der Waals surface area contributed by atoms with Crippen molar-refractivity contribution in [3.8, 4) is 5.75 Å². The van der Waals surface area contributed by atoms with Gasteiger partial charge < -0.3 is 10.1 Å². The highest BCUT2D eigenvalue weighted by Crippen LogP contribution is 2.17. The van der Waals surface area contributed by atoms with Gasteiger partial charge >= 0.3 is 0 Å². The number of ether oxygens (including phenoxy) is 1. The number of aromatic nitrogens is 2. The van der Waals surface area contributed by atoms with Gasteiger partial charge in [-0.25, -0.2) is 9.97 Å². The molecular weight excluding hydrogens is 226 g/mol. The van der Waals surface area contributed by atoms with Crippen molar-refractivity contribution >= 4 is 5.95 Å². The Morgan fingerprint density at radius 2 is 2.06 bits per heavy atom. The summed E-state index contributed by atoms with van der Waals surface area (Å²) in [6.07, 6.45) is 2.63. The number of nitrogens with one attached hydrogen (secondary N) is 1. The average Bonchev–Trinajstić information content (AvgIpc) is 2.39. The van der Waals surface area contributed by atoms with E-state index in [1.54, 1.807) is 13.3 Å². The van der Waals surface area contributed by atoms with E-state index in [0.29, 0.717) is 5.95 Å². The van der Waals surface area contributed by atoms with Crippen LogP contribution in [-0.2, 0) is 6.42 Å². The van der Waals surface area contributed by atoms with Crippen LogP contribution in [0.2, 0.25) is 0 Å². The quantitative estimate of drug-likeness (QED) is 0.876. The first-order valence-electron chi connectivity index (χ1n) is 5.95. The minimum absolute atomic E-state index is 0.671. The van der Waals surface area contributed by atoms with Crippen LogP contribution in [0.5, 0.6) is 5.75 Å². The first-order chi connectivity index (χ1) is 8.79. The van der Waals surface area contributed by atoms with E-state index in [1.807, 2.05) is 31.2 Å². The Balaban J connectivity index is 1.92. The second kappa shape index (κ2) is 6.00. The van der Waals surface area contributed by atoms with E-state index in [1.165, 1.54) is 5.56 Å². The molecule has 1 aromatic heterocycles. The summed E-state index contributed by atoms with van der Waals surface area (Å²) < 4.78 is 5.31. The molecule has 4 nitrogen and oxygen atoms in total. The van der Waals surface area contributed by atoms with Crippen molar-refractivity contribution in [1.29, 1.82) is 0 Å². The summed E-state index contributed by atoms with van der Waals surface area (Å²) in [5.74, 6) is 1.59. The summed E-state index contributed by atoms with van der Waals surface area (Å²) in [6, 6.07) is 9.90. The molecule has 0 aliphatic carbocycles. The molecule has 0 saturated heterocycles. The third kappa shape index (κ3) is 3.20. The van der Waals surface area contributed by atoms with Crippen LogP contribution in [0.15, 0.2) is 36.5 Å². The molecule has 0 aliphatic heterocycles. The van der Waals surface area contributed by atoms with Gasteiger partial charge in [-0.05, 0) is 31.0 Å². The molecule has 0 aliphatic rings. The number of nitrogens with zero attached hydrogens (tertiary/aromatic N) is 2. The number of anilines is 1. The Morgan fingerprint density at radius 3 is 2.83 bits per heavy atom. The molecule has 94 valence electrons. The largest absolute Gasteiger partial charge is 0.496 e. The Bertz CT molecular complexity index is 514. The van der Waals surface area contributed by atoms with E-state index in [4.69, 9.17) is 4.74 Å². The maximum absolute atomic E-state index is 5.31. The fourth-order valence-electron chi connectivity index (χ4n) is 1.75. The molecular formula is C14H17N3O. The third-order valence-corrected chi connectivity index (χ3v) is 2.66. The van der Waals surface area contributed by atoms with Gasteiger partial charge in [0.05, 0.1) is 7.11 Å². The minimum Gasteiger partial charge on any atom is -0.496 e. The van der Waals surface area contributed by atoms with Gasteiger partial charge in [-0.1, -0.05) is 18.2 Å². The van der Waals surface area contributed by atoms with Crippen LogP contribution in [0.1, 0.15) is 11.3 Å². The molecule has 0 bridgehead atoms. The van der Waals surface area contributed by atoms with Gasteiger partial charge in [0.2, 0.25) is 5.95 Å². The average molecular weight is 243 g/mol. The lowest BCUT2D eigenvalue weighted by molar-refractivity contribution is 0.410. The zero-order chi connectivity index (χ0) is 12.8. The topological polar surface area (TPSA) is 47.0 Å². The van der Waals surface area contributed by atoms with E-state index in [9.17, 15) is 0 Å². The van der Waals surface area contributed by atoms with Crippen molar-refractivity contribution in [2.45, 2.75) is 13.3 Å². The van der Waals surface area contributed by atoms with E-state index in [-0.39, 0.29) is 0 Å². The molecule has 0 amide bonds. The molecule has 4 heteroatoms. The summed E-state index contributed by atoms with van der Waals surface area (Å²) in [5.41, 5.74) is 2.14. The lowest BCUT2D eigenvalue weighted by Crippen LogP contribution is -2.08. The van der Waals surface area contributed by atoms with Crippen molar-refractivity contribution in [2.75, 3.05) is 19.0 Å². The standard InChI is InChI=1S/C14H17N3O/c1-11-7-9-15-14(17-11)16-10-8-12-5-3-4-6-13(12)18-2/h3-7,9H,8,10H2,1-2H3,(H,15,16,17). The molecule has 0 unspecified atom stereocenters. The van der Waals surface area contributed by atoms with Gasteiger partial charge in [0.15, 0.2) is 0 Å². The maximum Gasteiger partial charge on any atom is 0.222 e. The van der Waals surface area contributed by atoms with Crippen LogP contribution in [0.4, 0.5) is 5.95 Å². The highest BCUT2D eigenvalue weighted by atomic mass is 16.5. The molecule has 2 aromatic rings. The van der Waals surface area contributed by atoms with Gasteiger partial charge in [0.25, 0.3) is 0 Å². The van der Waals surface area contributed by atoms with Crippen LogP contribution in [-0.4, -0.2) is 23.6 Å². The zero-order valence-corrected chi connectivity index (χ0v) is 10.7. The lowest BCUT2D eigenvalue weighted by Gasteiger charge is -2.09. The smallest absolute Gasteiger partial charge is 0.222 e. The number of hydrogen-bond donors (Lipinski definition) is 1. The molecule has 0 atom stereocenters. The second-order valence-electron chi connectivity index (χ2n) is 4.01. The molecule has 0 fully saturated rings. The number of hydrogen-bond acceptors (Lipinski definition) is 4. The van der Waals surface area contributed by atoms with Crippen molar-refractivity contribution in [3.05, 3.63) is 47.8 Å². The van der Waals surface area contributed by atoms with E-state index >= 15 is 0 Å². The maximum atomic E-state index is 5.31. The third-order valence-electron chi connectivity index (χ3n) is 2.66. The summed E-state index contributed by atoms with van der Waals surface area (Å²) >= 11 is 0. The molecule has 1 N–H and O–H groups in total. The minimum atomic E-state index is 0.671. The molecule has 1 aromatic carbocycles. The second-order valence-corrected chi connectivity index (χ2v) is 4.01. The van der Waals surface area contributed by atoms with Gasteiger partial charge in [-0.15, -0.1) is 0 Å². The molecule has 0 saturated carbocycles. The van der Waals surface area contributed by atoms with E-state index < -0.39 is 0 Å². The van der Waals surface area contributed by atoms with Crippen LogP contribution in [0.25, 0.3) is 0 Å². The predicted molar refractivity (Wildman–Crippen MR) is 72.0 cm³/mol. The highest BCUT2D eigenvalue weighted by Gasteiger charge is 2.01. The molecule has 2 rings (SSSR count). The van der Waals surface area contributed by atoms with Gasteiger partial charge in [-0.3, -0.25) is 0 Å². The Morgan fingerprint density at radius 1 is 1.22 bits per heavy atom. The SMILES string of the molecule is COc1ccccc1CCNc1nccc(C)n1. The molecule has 0 radical (unpaired) electrons. The summed E-state index contributed by atoms with van der Waals surface area (Å²) in [7, 11) is 1.69. The van der Waals surface area contributed by atoms with Crippen LogP contribution < -0.4 is 10.1 Å². The van der Waals surface area contributed by atoms with Gasteiger partial charge in [0, 0.05) is 18.4 Å². The van der Waals surface area contributed by atoms with E-state index in [0.717, 1.165) is 24.4 Å². The first kappa shape index (κ1) is 12.4. The highest BCUT2D eigenvalue weighted by molar-refractivity contribution is 5.34. The van der Waals surface area contributed by atoms with Crippen molar-refractivity contribution in [2.24, 2.45) is 0 Å². The number of methoxy groups -OCH3 is 1. The predicted octanol–water partition coefficient (Wildman–Crippen LogP) is 2.45. The number of aryl methyl sites for hydroxylation is 1. The fourth-order valence-corrected chi connectivity index (χ4v) is 1.75. The number of para-hydroxylation sites is 1. The Hall–Kier alpha value is -2.10. The van der Waals surface area contributed by atoms with Crippen molar-refractivity contribution < 1.29 is 4.74 Å². The lowest BCUT2D eigenvalue weighted by atomic mass is 10.1. The van der Waals surface area contributed by atoms with Crippen molar-refractivity contribution in [3.63, 3.8) is 0 Å². The van der Waals surface area contributed by atoms with E-state index in [2.05, 4.69) is 21.4 Å². The van der Waals surface area contributed by atoms with Crippen molar-refractivity contribution in [1.82, 2.24) is 9.97 Å². The summed E-state index contributed by atoms with van der Waals surface area (Å²) in [5, 5.41) is 3.21. The normalized spacial score (nSPS) is 10.1. The number of rotatable bonds is 5. The Labute approximate surface area is 107 Å². The first-order valence-corrected chi connectivity index (χ1v) is 5.95. The summed E-state index contributed by atoms with van der Waals surface area (Å²) in [6.45, 7) is 2.73. The van der Waals surface area contributed by atoms with Gasteiger partial charge in [0.1, 0.15) is 5.75 Å². The van der Waals surface area contributed by atoms with Crippen LogP contribution >= 0.6 is 0 Å². The van der Waals surface area contributed by atoms with Crippen LogP contribution in [0.3, 0.4) is 0 Å². The zero-order valence-electron chi connectivity index (χ0n) is 10.7. The molecule has 0 spiro atoms.